The number of nitrogens with zero attached hydrogens (tertiary/aromatic N) is 8. The molecule has 12 aromatic rings. The van der Waals surface area contributed by atoms with Crippen molar-refractivity contribution in [2.75, 3.05) is 67.0 Å². The number of primary sulfonamides is 4. The second-order valence-electron chi connectivity index (χ2n) is 33.3. The van der Waals surface area contributed by atoms with Crippen LogP contribution in [0.4, 0.5) is 45.5 Å². The molecule has 4 unspecified atom stereocenters. The summed E-state index contributed by atoms with van der Waals surface area (Å²) in [7, 11) is -15.0. The number of carbonyl (C=O) groups excluding carboxylic acids is 8. The normalized spacial score (nSPS) is 16.4. The van der Waals surface area contributed by atoms with Gasteiger partial charge in [0.1, 0.15) is 21.0 Å². The summed E-state index contributed by atoms with van der Waals surface area (Å²) < 4.78 is 91.7. The number of anilines is 8. The summed E-state index contributed by atoms with van der Waals surface area (Å²) in [5.41, 5.74) is 12.4. The highest BCUT2D eigenvalue weighted by molar-refractivity contribution is 8.16. The molecule has 0 aromatic heterocycles. The molecule has 8 amide bonds. The van der Waals surface area contributed by atoms with Crippen molar-refractivity contribution < 1.29 is 82.2 Å². The van der Waals surface area contributed by atoms with Gasteiger partial charge in [-0.1, -0.05) is 228 Å². The molecule has 4 fully saturated rings. The lowest BCUT2D eigenvalue weighted by molar-refractivity contribution is -0.122. The van der Waals surface area contributed by atoms with Gasteiger partial charge in [-0.2, -0.15) is 0 Å². The number of carbonyl (C=O) groups is 8. The maximum atomic E-state index is 13.1. The van der Waals surface area contributed by atoms with E-state index >= 15 is 0 Å². The van der Waals surface area contributed by atoms with Crippen molar-refractivity contribution in [1.29, 1.82) is 0 Å². The van der Waals surface area contributed by atoms with Crippen molar-refractivity contribution in [1.82, 2.24) is 0 Å². The summed E-state index contributed by atoms with van der Waals surface area (Å²) in [6, 6.07) is 90.6. The average Bonchev–Trinajstić information content (AvgIpc) is 1.67. The summed E-state index contributed by atoms with van der Waals surface area (Å²) in [6.07, 6.45) is 2.41. The van der Waals surface area contributed by atoms with Crippen molar-refractivity contribution in [3.8, 4) is 0 Å². The number of thioether (sulfide) groups is 4. The molecule has 42 heteroatoms. The fraction of sp³-hybridized carbons (Fsp3) is 0.192. The lowest BCUT2D eigenvalue weighted by Crippen LogP contribution is -2.31. The Balaban J connectivity index is 0.000000163. The highest BCUT2D eigenvalue weighted by Gasteiger charge is 2.45. The molecule has 0 aliphatic carbocycles. The van der Waals surface area contributed by atoms with Crippen molar-refractivity contribution in [3.63, 3.8) is 0 Å². The van der Waals surface area contributed by atoms with Crippen LogP contribution in [0, 0.1) is 13.8 Å². The van der Waals surface area contributed by atoms with E-state index in [0.29, 0.717) is 107 Å². The molecule has 14 N–H and O–H groups in total. The van der Waals surface area contributed by atoms with Crippen LogP contribution < -0.4 is 61.4 Å². The molecule has 34 nitrogen and oxygen atoms in total. The number of nitrogens with two attached hydrogens (primary N) is 4. The minimum Gasteiger partial charge on any atom is -0.392 e. The number of aryl methyl sites for hydroxylation is 2. The molecule has 0 radical (unpaired) electrons. The number of benzene rings is 12. The molecular formula is C104H104N16O18S8. The van der Waals surface area contributed by atoms with Crippen LogP contribution in [0.15, 0.2) is 355 Å². The first-order chi connectivity index (χ1) is 69.9. The zero-order chi connectivity index (χ0) is 104. The van der Waals surface area contributed by atoms with E-state index in [1.807, 2.05) is 105 Å². The highest BCUT2D eigenvalue weighted by Crippen LogP contribution is 2.37. The molecule has 146 heavy (non-hydrogen) atoms. The number of aliphatic hydroxyl groups excluding tert-OH is 2. The van der Waals surface area contributed by atoms with Crippen molar-refractivity contribution in [2.24, 2.45) is 40.5 Å². The van der Waals surface area contributed by atoms with Crippen LogP contribution in [0.3, 0.4) is 0 Å². The third kappa shape index (κ3) is 31.5. The van der Waals surface area contributed by atoms with Gasteiger partial charge >= 0.3 is 0 Å². The molecule has 4 atom stereocenters. The van der Waals surface area contributed by atoms with Gasteiger partial charge < -0.3 is 31.5 Å². The van der Waals surface area contributed by atoms with E-state index in [1.54, 1.807) is 176 Å². The Morgan fingerprint density at radius 1 is 0.281 bits per heavy atom. The number of para-hydroxylation sites is 4. The Kier molecular flexibility index (Phi) is 38.3. The van der Waals surface area contributed by atoms with Crippen LogP contribution in [0.2, 0.25) is 0 Å². The topological polar surface area (TPSA) is 528 Å². The van der Waals surface area contributed by atoms with Crippen LogP contribution in [0.1, 0.15) is 70.2 Å². The van der Waals surface area contributed by atoms with E-state index in [2.05, 4.69) is 41.2 Å². The third-order valence-corrected chi connectivity index (χ3v) is 30.6. The van der Waals surface area contributed by atoms with Gasteiger partial charge in [0.2, 0.25) is 87.4 Å². The van der Waals surface area contributed by atoms with E-state index in [0.717, 1.165) is 56.0 Å². The summed E-state index contributed by atoms with van der Waals surface area (Å²) in [4.78, 5) is 127. The summed E-state index contributed by atoms with van der Waals surface area (Å²) >= 11 is 4.84. The SMILES string of the molecule is Cc1ccc(N2C(=O)CC(SC(=NCCc3ccc(S(N)(=O)=O)cc3)Nc3ccccc3)C2=O)cc1.Cc1ccc(NC(=NCCc2ccc(S(N)(=O)=O)cc2)SC2CC(=O)N(c3ccccc3)C2=O)cc1.NS(=O)(=O)c1ccc(CCN=C(Nc2ccc(CO)cc2)SC2CC(=O)N(c3ccccc3)C2=O)cc1.NS(=O)(=O)c1ccc(CCN=C(Nc2cccc(CO)c2)SC2CC(=O)N(c3ccccc3)C2=O)cc1. The van der Waals surface area contributed by atoms with Gasteiger partial charge in [-0.15, -0.1) is 0 Å². The van der Waals surface area contributed by atoms with E-state index in [1.165, 1.54) is 115 Å². The minimum absolute atomic E-state index is 0.0359. The lowest BCUT2D eigenvalue weighted by Gasteiger charge is -2.16. The number of hydrogen-bond donors (Lipinski definition) is 10. The molecule has 4 saturated heterocycles. The van der Waals surface area contributed by atoms with Gasteiger partial charge in [0.05, 0.1) is 55.5 Å². The Hall–Kier alpha value is -14.0. The van der Waals surface area contributed by atoms with Gasteiger partial charge in [0, 0.05) is 74.6 Å². The number of aliphatic hydroxyl groups is 2. The van der Waals surface area contributed by atoms with E-state index in [4.69, 9.17) is 20.6 Å². The number of nitrogens with one attached hydrogen (secondary N) is 4. The van der Waals surface area contributed by atoms with Crippen molar-refractivity contribution in [2.45, 2.75) is 119 Å². The predicted octanol–water partition coefficient (Wildman–Crippen LogP) is 13.2. The van der Waals surface area contributed by atoms with E-state index in [9.17, 15) is 82.2 Å². The van der Waals surface area contributed by atoms with Crippen molar-refractivity contribution in [3.05, 3.63) is 360 Å². The molecule has 0 saturated carbocycles. The van der Waals surface area contributed by atoms with E-state index in [-0.39, 0.29) is 106 Å². The summed E-state index contributed by atoms with van der Waals surface area (Å²) in [6.45, 7) is 5.25. The Bertz CT molecular complexity index is 7290. The quantitative estimate of drug-likeness (QED) is 0.0114. The largest absolute Gasteiger partial charge is 0.392 e. The highest BCUT2D eigenvalue weighted by atomic mass is 32.2. The number of imide groups is 4. The zero-order valence-electron chi connectivity index (χ0n) is 78.8. The second-order valence-corrected chi connectivity index (χ2v) is 44.3. The smallest absolute Gasteiger partial charge is 0.247 e. The number of amidine groups is 4. The molecule has 12 aromatic carbocycles. The fourth-order valence-electron chi connectivity index (χ4n) is 14.9. The number of sulfonamides is 4. The van der Waals surface area contributed by atoms with Gasteiger partial charge in [0.25, 0.3) is 0 Å². The molecule has 16 rings (SSSR count). The first kappa shape index (κ1) is 109. The molecule has 4 heterocycles. The molecule has 4 aliphatic rings. The summed E-state index contributed by atoms with van der Waals surface area (Å²) in [5.74, 6) is -2.17. The number of amides is 8. The Morgan fingerprint density at radius 2 is 0.507 bits per heavy atom. The van der Waals surface area contributed by atoms with E-state index < -0.39 is 61.1 Å². The van der Waals surface area contributed by atoms with Crippen LogP contribution in [0.5, 0.6) is 0 Å². The van der Waals surface area contributed by atoms with Gasteiger partial charge in [-0.3, -0.25) is 58.3 Å². The maximum Gasteiger partial charge on any atom is 0.247 e. The van der Waals surface area contributed by atoms with Crippen LogP contribution in [-0.4, -0.2) is 159 Å². The number of aliphatic imine (C=N–C) groups is 4. The van der Waals surface area contributed by atoms with Gasteiger partial charge in [-0.25, -0.2) is 73.8 Å². The summed E-state index contributed by atoms with van der Waals surface area (Å²) in [5, 5.41) is 51.9. The van der Waals surface area contributed by atoms with Crippen LogP contribution in [0.25, 0.3) is 0 Å². The standard InChI is InChI=1S/2C26H26N4O5S2.2C26H26N4O4S2/c27-37(34,35)22-11-9-18(10-12-22)13-14-28-26(29-20-6-4-5-19(15-20)17-31)36-23-16-24(32)30(25(23)33)21-7-2-1-3-8-21;27-37(34,35)22-12-8-18(9-13-22)14-15-28-26(29-20-10-6-19(17-31)7-11-20)36-23-16-24(32)30(25(23)33)21-4-2-1-3-5-21;1-18-7-11-20(12-8-18)29-26(28-16-15-19-9-13-22(14-10-19)36(27,33)34)35-23-17-24(31)30(25(23)32)21-5-3-2-4-6-21;1-18-7-11-21(12-8-18)30-24(31)17-23(25(30)32)35-26(29-20-5-3-2-4-6-20)28-16-15-19-9-13-22(14-10-19)36(27,33)34/h1-12,15,23,31H,13-14,16-17H2,(H,28,29)(H2,27,34,35);1-13,23,31H,14-17H2,(H,28,29)(H2,27,34,35);2*2-14,23H,15-17H2,1H3,(H,28,29)(H2,27,33,34). The molecule has 756 valence electrons. The second kappa shape index (κ2) is 51.2. The average molecular weight is 2120 g/mol. The van der Waals surface area contributed by atoms with Crippen LogP contribution in [-0.2, 0) is 117 Å². The van der Waals surface area contributed by atoms with Gasteiger partial charge in [0.15, 0.2) is 20.7 Å². The molecule has 4 aliphatic heterocycles. The predicted molar refractivity (Wildman–Crippen MR) is 577 cm³/mol. The lowest BCUT2D eigenvalue weighted by atomic mass is 10.1. The first-order valence-corrected chi connectivity index (χ1v) is 55.2. The maximum absolute atomic E-state index is 13.1. The van der Waals surface area contributed by atoms with Crippen molar-refractivity contribution >= 4 is 201 Å². The fourth-order valence-corrected chi connectivity index (χ4v) is 21.1. The Morgan fingerprint density at radius 3 is 0.774 bits per heavy atom. The molecular weight excluding hydrogens is 2020 g/mol. The monoisotopic (exact) mass is 2120 g/mol. The first-order valence-electron chi connectivity index (χ1n) is 45.5. The minimum atomic E-state index is -3.76. The number of hydrogen-bond acceptors (Lipinski definition) is 26. The molecule has 0 spiro atoms. The van der Waals surface area contributed by atoms with Gasteiger partial charge in [-0.05, 0) is 219 Å². The number of rotatable bonds is 30. The molecule has 0 bridgehead atoms. The Labute approximate surface area is 862 Å². The van der Waals surface area contributed by atoms with Crippen LogP contribution >= 0.6 is 47.0 Å². The third-order valence-electron chi connectivity index (χ3n) is 22.5. The zero-order valence-corrected chi connectivity index (χ0v) is 85.3.